The molecule has 36 heavy (non-hydrogen) atoms. The van der Waals surface area contributed by atoms with E-state index in [1.807, 2.05) is 74.5 Å². The lowest BCUT2D eigenvalue weighted by Gasteiger charge is -2.14. The van der Waals surface area contributed by atoms with Crippen molar-refractivity contribution in [1.82, 2.24) is 4.90 Å². The van der Waals surface area contributed by atoms with Crippen molar-refractivity contribution in [3.63, 3.8) is 0 Å². The summed E-state index contributed by atoms with van der Waals surface area (Å²) >= 11 is 5.25. The molecule has 184 valence electrons. The van der Waals surface area contributed by atoms with Crippen LogP contribution in [-0.4, -0.2) is 28.5 Å². The van der Waals surface area contributed by atoms with E-state index in [1.165, 1.54) is 0 Å². The molecule has 9 heteroatoms. The zero-order chi connectivity index (χ0) is 25.8. The number of thioether (sulfide) groups is 1. The molecular weight excluding hydrogens is 702 g/mol. The summed E-state index contributed by atoms with van der Waals surface area (Å²) in [5, 5.41) is 2.34. The van der Waals surface area contributed by atoms with E-state index in [2.05, 4.69) is 50.5 Å². The maximum absolute atomic E-state index is 12.9. The molecule has 0 saturated carbocycles. The quantitative estimate of drug-likeness (QED) is 0.215. The Morgan fingerprint density at radius 1 is 1.03 bits per heavy atom. The number of carbonyl (C=O) groups excluding carboxylic acids is 3. The number of carbonyl (C=O) groups is 3. The minimum absolute atomic E-state index is 0.282. The Hall–Kier alpha value is -2.38. The number of benzene rings is 3. The van der Waals surface area contributed by atoms with Crippen LogP contribution in [0.3, 0.4) is 0 Å². The summed E-state index contributed by atoms with van der Waals surface area (Å²) in [5.74, 6) is -0.125. The number of nitrogens with zero attached hydrogens (tertiary/aromatic N) is 1. The fourth-order valence-corrected chi connectivity index (χ4v) is 6.49. The van der Waals surface area contributed by atoms with Crippen LogP contribution in [0.15, 0.2) is 65.6 Å². The third-order valence-corrected chi connectivity index (χ3v) is 7.90. The number of imide groups is 1. The molecule has 1 N–H and O–H groups in total. The predicted octanol–water partition coefficient (Wildman–Crippen LogP) is 6.77. The molecule has 1 saturated heterocycles. The average molecular weight is 724 g/mol. The van der Waals surface area contributed by atoms with Crippen LogP contribution < -0.4 is 10.1 Å². The highest BCUT2D eigenvalue weighted by atomic mass is 127. The molecule has 0 unspecified atom stereocenters. The van der Waals surface area contributed by atoms with E-state index in [1.54, 1.807) is 6.08 Å². The Morgan fingerprint density at radius 2 is 1.72 bits per heavy atom. The maximum Gasteiger partial charge on any atom is 0.294 e. The number of aryl methyl sites for hydroxylation is 2. The van der Waals surface area contributed by atoms with Crippen LogP contribution in [-0.2, 0) is 16.2 Å². The summed E-state index contributed by atoms with van der Waals surface area (Å²) in [6, 6.07) is 19.5. The van der Waals surface area contributed by atoms with Gasteiger partial charge in [-0.05, 0) is 117 Å². The van der Waals surface area contributed by atoms with Crippen molar-refractivity contribution in [1.29, 1.82) is 0 Å². The van der Waals surface area contributed by atoms with Crippen LogP contribution in [0.4, 0.5) is 10.5 Å². The van der Waals surface area contributed by atoms with Crippen molar-refractivity contribution in [2.24, 2.45) is 0 Å². The molecule has 0 spiro atoms. The second-order valence-electron chi connectivity index (χ2n) is 8.22. The van der Waals surface area contributed by atoms with Crippen molar-refractivity contribution in [3.8, 4) is 5.75 Å². The zero-order valence-corrected chi connectivity index (χ0v) is 24.6. The number of rotatable bonds is 7. The molecule has 0 aliphatic carbocycles. The topological polar surface area (TPSA) is 75.7 Å². The summed E-state index contributed by atoms with van der Waals surface area (Å²) in [7, 11) is 0. The molecule has 1 aliphatic heterocycles. The summed E-state index contributed by atoms with van der Waals surface area (Å²) in [6.07, 6.45) is 1.68. The Morgan fingerprint density at radius 3 is 2.42 bits per heavy atom. The van der Waals surface area contributed by atoms with Crippen LogP contribution in [0, 0.1) is 21.0 Å². The molecule has 6 nitrogen and oxygen atoms in total. The highest BCUT2D eigenvalue weighted by molar-refractivity contribution is 14.1. The van der Waals surface area contributed by atoms with Crippen LogP contribution in [0.2, 0.25) is 0 Å². The van der Waals surface area contributed by atoms with Gasteiger partial charge in [-0.2, -0.15) is 0 Å². The van der Waals surface area contributed by atoms with Gasteiger partial charge in [0, 0.05) is 5.69 Å². The number of halogens is 2. The highest BCUT2D eigenvalue weighted by Crippen LogP contribution is 2.35. The molecule has 3 aromatic carbocycles. The first kappa shape index (κ1) is 26.7. The number of amides is 3. The van der Waals surface area contributed by atoms with Crippen molar-refractivity contribution in [2.45, 2.75) is 20.5 Å². The Kier molecular flexibility index (Phi) is 8.73. The van der Waals surface area contributed by atoms with Gasteiger partial charge >= 0.3 is 0 Å². The first-order valence-corrected chi connectivity index (χ1v) is 14.0. The predicted molar refractivity (Wildman–Crippen MR) is 160 cm³/mol. The Balaban J connectivity index is 1.45. The summed E-state index contributed by atoms with van der Waals surface area (Å²) in [5.41, 5.74) is 4.43. The van der Waals surface area contributed by atoms with Crippen molar-refractivity contribution in [2.75, 3.05) is 11.9 Å². The van der Waals surface area contributed by atoms with Crippen LogP contribution >= 0.6 is 56.9 Å². The van der Waals surface area contributed by atoms with Crippen LogP contribution in [0.5, 0.6) is 5.75 Å². The number of nitrogens with one attached hydrogen (secondary N) is 1. The minimum atomic E-state index is -0.476. The third kappa shape index (κ3) is 6.48. The van der Waals surface area contributed by atoms with E-state index in [9.17, 15) is 14.4 Å². The second-order valence-corrected chi connectivity index (χ2v) is 11.5. The molecule has 0 bridgehead atoms. The Labute approximate surface area is 241 Å². The van der Waals surface area contributed by atoms with E-state index >= 15 is 0 Å². The molecule has 4 rings (SSSR count). The molecule has 1 heterocycles. The lowest BCUT2D eigenvalue weighted by molar-refractivity contribution is -0.127. The van der Waals surface area contributed by atoms with E-state index in [4.69, 9.17) is 4.74 Å². The minimum Gasteiger partial charge on any atom is -0.487 e. The first-order chi connectivity index (χ1) is 17.2. The SMILES string of the molecule is Cc1ccc(C)c(NC(=O)CN2C(=O)S/C(=C/c3cc(I)c(OCc4ccccc4)c(I)c3)C2=O)c1. The zero-order valence-electron chi connectivity index (χ0n) is 19.5. The fourth-order valence-electron chi connectivity index (χ4n) is 3.52. The number of hydrogen-bond acceptors (Lipinski definition) is 5. The molecule has 3 aromatic rings. The van der Waals surface area contributed by atoms with Gasteiger partial charge in [-0.25, -0.2) is 0 Å². The van der Waals surface area contributed by atoms with Crippen molar-refractivity contribution < 1.29 is 19.1 Å². The smallest absolute Gasteiger partial charge is 0.294 e. The van der Waals surface area contributed by atoms with Gasteiger partial charge in [-0.3, -0.25) is 19.3 Å². The fraction of sp³-hybridized carbons (Fsp3) is 0.148. The van der Waals surface area contributed by atoms with Gasteiger partial charge < -0.3 is 10.1 Å². The van der Waals surface area contributed by atoms with Gasteiger partial charge in [0.1, 0.15) is 18.9 Å². The molecular formula is C27H22I2N2O4S. The van der Waals surface area contributed by atoms with E-state index in [-0.39, 0.29) is 11.4 Å². The van der Waals surface area contributed by atoms with Crippen molar-refractivity contribution in [3.05, 3.63) is 95.0 Å². The lowest BCUT2D eigenvalue weighted by Crippen LogP contribution is -2.36. The number of anilines is 1. The molecule has 0 atom stereocenters. The first-order valence-electron chi connectivity index (χ1n) is 11.0. The summed E-state index contributed by atoms with van der Waals surface area (Å²) in [6.45, 7) is 3.94. The Bertz CT molecular complexity index is 1350. The molecule has 1 fully saturated rings. The highest BCUT2D eigenvalue weighted by Gasteiger charge is 2.36. The van der Waals surface area contributed by atoms with E-state index < -0.39 is 17.1 Å². The standard InChI is InChI=1S/C27H22I2N2O4S/c1-16-8-9-17(2)22(10-16)30-24(32)14-31-26(33)23(36-27(31)34)13-19-11-20(28)25(21(29)12-19)35-15-18-6-4-3-5-7-18/h3-13H,14-15H2,1-2H3,(H,30,32)/b23-13+. The molecule has 0 aromatic heterocycles. The van der Waals surface area contributed by atoms with Gasteiger partial charge in [-0.1, -0.05) is 42.5 Å². The normalized spacial score (nSPS) is 14.4. The number of hydrogen-bond donors (Lipinski definition) is 1. The maximum atomic E-state index is 12.9. The monoisotopic (exact) mass is 724 g/mol. The second kappa shape index (κ2) is 11.8. The van der Waals surface area contributed by atoms with Gasteiger partial charge in [0.2, 0.25) is 5.91 Å². The van der Waals surface area contributed by atoms with Gasteiger partial charge in [0.05, 0.1) is 12.0 Å². The third-order valence-electron chi connectivity index (χ3n) is 5.39. The summed E-state index contributed by atoms with van der Waals surface area (Å²) < 4.78 is 7.82. The van der Waals surface area contributed by atoms with Crippen LogP contribution in [0.25, 0.3) is 6.08 Å². The molecule has 3 amide bonds. The summed E-state index contributed by atoms with van der Waals surface area (Å²) in [4.78, 5) is 39.3. The molecule has 0 radical (unpaired) electrons. The van der Waals surface area contributed by atoms with Crippen LogP contribution in [0.1, 0.15) is 22.3 Å². The van der Waals surface area contributed by atoms with Crippen molar-refractivity contribution >= 4 is 85.8 Å². The van der Waals surface area contributed by atoms with Gasteiger partial charge in [-0.15, -0.1) is 0 Å². The van der Waals surface area contributed by atoms with E-state index in [0.29, 0.717) is 12.3 Å². The molecule has 1 aliphatic rings. The van der Waals surface area contributed by atoms with E-state index in [0.717, 1.165) is 51.8 Å². The van der Waals surface area contributed by atoms with Gasteiger partial charge in [0.15, 0.2) is 0 Å². The van der Waals surface area contributed by atoms with Gasteiger partial charge in [0.25, 0.3) is 11.1 Å². The largest absolute Gasteiger partial charge is 0.487 e. The lowest BCUT2D eigenvalue weighted by atomic mass is 10.1. The number of ether oxygens (including phenoxy) is 1. The average Bonchev–Trinajstić information content (AvgIpc) is 3.08.